The summed E-state index contributed by atoms with van der Waals surface area (Å²) in [7, 11) is 1.52. The van der Waals surface area contributed by atoms with Gasteiger partial charge in [0.15, 0.2) is 0 Å². The average Bonchev–Trinajstić information content (AvgIpc) is 2.25. The zero-order valence-corrected chi connectivity index (χ0v) is 10.3. The first kappa shape index (κ1) is 14.4. The molecule has 0 aromatic carbocycles. The van der Waals surface area contributed by atoms with Crippen LogP contribution >= 0.6 is 0 Å². The first-order valence-electron chi connectivity index (χ1n) is 5.36. The first-order valence-corrected chi connectivity index (χ1v) is 5.36. The predicted molar refractivity (Wildman–Crippen MR) is 60.3 cm³/mol. The molecule has 0 aliphatic carbocycles. The molecule has 1 N–H and O–H groups in total. The van der Waals surface area contributed by atoms with E-state index in [0.29, 0.717) is 6.54 Å². The molecule has 2 amide bonds. The Balaban J connectivity index is 4.65. The van der Waals surface area contributed by atoms with Crippen LogP contribution in [-0.4, -0.2) is 36.9 Å². The van der Waals surface area contributed by atoms with Crippen LogP contribution in [0.4, 0.5) is 0 Å². The lowest BCUT2D eigenvalue weighted by molar-refractivity contribution is -0.138. The summed E-state index contributed by atoms with van der Waals surface area (Å²) in [5.41, 5.74) is 0. The Morgan fingerprint density at radius 3 is 2.31 bits per heavy atom. The van der Waals surface area contributed by atoms with Crippen molar-refractivity contribution in [2.24, 2.45) is 11.8 Å². The van der Waals surface area contributed by atoms with Crippen molar-refractivity contribution in [1.82, 2.24) is 10.2 Å². The Morgan fingerprint density at radius 1 is 1.44 bits per heavy atom. The molecule has 0 aliphatic rings. The van der Waals surface area contributed by atoms with Gasteiger partial charge in [0, 0.05) is 13.6 Å². The van der Waals surface area contributed by atoms with Crippen LogP contribution in [0.5, 0.6) is 0 Å². The van der Waals surface area contributed by atoms with Crippen molar-refractivity contribution in [2.75, 3.05) is 20.1 Å². The second-order valence-corrected chi connectivity index (χ2v) is 3.88. The number of amides is 2. The molecular weight excluding hydrogens is 206 g/mol. The quantitative estimate of drug-likeness (QED) is 0.735. The number of nitrogens with zero attached hydrogens (tertiary/aromatic N) is 2. The van der Waals surface area contributed by atoms with Crippen molar-refractivity contribution in [3.05, 3.63) is 0 Å². The minimum absolute atomic E-state index is 0.0106. The third-order valence-corrected chi connectivity index (χ3v) is 2.38. The molecule has 0 aliphatic heterocycles. The molecular formula is C11H19N3O2. The fourth-order valence-corrected chi connectivity index (χ4v) is 1.28. The minimum atomic E-state index is -0.676. The fraction of sp³-hybridized carbons (Fsp3) is 0.727. The van der Waals surface area contributed by atoms with E-state index in [2.05, 4.69) is 5.32 Å². The van der Waals surface area contributed by atoms with Crippen LogP contribution in [0.15, 0.2) is 0 Å². The zero-order valence-electron chi connectivity index (χ0n) is 10.3. The highest BCUT2D eigenvalue weighted by Crippen LogP contribution is 2.13. The summed E-state index contributed by atoms with van der Waals surface area (Å²) in [5.74, 6) is -1.22. The summed E-state index contributed by atoms with van der Waals surface area (Å²) in [6, 6.07) is 1.98. The molecule has 1 unspecified atom stereocenters. The van der Waals surface area contributed by atoms with Crippen LogP contribution < -0.4 is 5.32 Å². The van der Waals surface area contributed by atoms with Gasteiger partial charge in [0.05, 0.1) is 12.6 Å². The SMILES string of the molecule is CCN(CC(=O)NC)C(=O)C(C#N)C(C)C. The highest BCUT2D eigenvalue weighted by molar-refractivity contribution is 5.87. The van der Waals surface area contributed by atoms with E-state index >= 15 is 0 Å². The van der Waals surface area contributed by atoms with Gasteiger partial charge in [0.2, 0.25) is 11.8 Å². The van der Waals surface area contributed by atoms with Crippen molar-refractivity contribution in [3.8, 4) is 6.07 Å². The van der Waals surface area contributed by atoms with Crippen LogP contribution in [-0.2, 0) is 9.59 Å². The second-order valence-electron chi connectivity index (χ2n) is 3.88. The van der Waals surface area contributed by atoms with E-state index in [9.17, 15) is 9.59 Å². The second kappa shape index (κ2) is 6.83. The van der Waals surface area contributed by atoms with Gasteiger partial charge < -0.3 is 10.2 Å². The van der Waals surface area contributed by atoms with Gasteiger partial charge in [-0.3, -0.25) is 9.59 Å². The smallest absolute Gasteiger partial charge is 0.240 e. The third kappa shape index (κ3) is 3.89. The summed E-state index contributed by atoms with van der Waals surface area (Å²) in [6.45, 7) is 5.86. The molecule has 16 heavy (non-hydrogen) atoms. The van der Waals surface area contributed by atoms with Gasteiger partial charge in [0.1, 0.15) is 5.92 Å². The number of carbonyl (C=O) groups is 2. The summed E-state index contributed by atoms with van der Waals surface area (Å²) < 4.78 is 0. The van der Waals surface area contributed by atoms with Crippen molar-refractivity contribution in [3.63, 3.8) is 0 Å². The summed E-state index contributed by atoms with van der Waals surface area (Å²) in [4.78, 5) is 24.5. The minimum Gasteiger partial charge on any atom is -0.358 e. The molecule has 0 aromatic rings. The van der Waals surface area contributed by atoms with Crippen LogP contribution in [0.1, 0.15) is 20.8 Å². The van der Waals surface area contributed by atoms with E-state index in [1.54, 1.807) is 6.92 Å². The molecule has 0 fully saturated rings. The molecule has 0 radical (unpaired) electrons. The summed E-state index contributed by atoms with van der Waals surface area (Å²) in [6.07, 6.45) is 0. The Hall–Kier alpha value is -1.57. The van der Waals surface area contributed by atoms with Crippen molar-refractivity contribution < 1.29 is 9.59 Å². The molecule has 1 atom stereocenters. The first-order chi connectivity index (χ1) is 7.47. The van der Waals surface area contributed by atoms with Gasteiger partial charge in [-0.2, -0.15) is 5.26 Å². The molecule has 0 saturated heterocycles. The predicted octanol–water partition coefficient (Wildman–Crippen LogP) is 0.377. The Morgan fingerprint density at radius 2 is 2.00 bits per heavy atom. The molecule has 0 bridgehead atoms. The van der Waals surface area contributed by atoms with Gasteiger partial charge in [-0.15, -0.1) is 0 Å². The standard InChI is InChI=1S/C11H19N3O2/c1-5-14(7-10(15)13-4)11(16)9(6-12)8(2)3/h8-9H,5,7H2,1-4H3,(H,13,15). The van der Waals surface area contributed by atoms with Gasteiger partial charge in [-0.05, 0) is 12.8 Å². The van der Waals surface area contributed by atoms with Crippen molar-refractivity contribution in [2.45, 2.75) is 20.8 Å². The molecule has 0 saturated carbocycles. The molecule has 0 aromatic heterocycles. The molecule has 0 heterocycles. The van der Waals surface area contributed by atoms with Crippen molar-refractivity contribution in [1.29, 1.82) is 5.26 Å². The van der Waals surface area contributed by atoms with Gasteiger partial charge in [-0.25, -0.2) is 0 Å². The summed E-state index contributed by atoms with van der Waals surface area (Å²) >= 11 is 0. The highest BCUT2D eigenvalue weighted by Gasteiger charge is 2.26. The van der Waals surface area contributed by atoms with E-state index in [1.165, 1.54) is 11.9 Å². The lowest BCUT2D eigenvalue weighted by Crippen LogP contribution is -2.43. The lowest BCUT2D eigenvalue weighted by atomic mass is 9.96. The molecule has 5 nitrogen and oxygen atoms in total. The van der Waals surface area contributed by atoms with Gasteiger partial charge in [0.25, 0.3) is 0 Å². The number of carbonyl (C=O) groups excluding carboxylic acids is 2. The Bertz CT molecular complexity index is 294. The van der Waals surface area contributed by atoms with Crippen LogP contribution in [0.3, 0.4) is 0 Å². The largest absolute Gasteiger partial charge is 0.358 e. The number of likely N-dealkylation sites (N-methyl/N-ethyl adjacent to an activating group) is 2. The number of rotatable bonds is 5. The maximum Gasteiger partial charge on any atom is 0.240 e. The average molecular weight is 225 g/mol. The zero-order chi connectivity index (χ0) is 12.7. The van der Waals surface area contributed by atoms with E-state index in [0.717, 1.165) is 0 Å². The summed E-state index contributed by atoms with van der Waals surface area (Å²) in [5, 5.41) is 11.4. The van der Waals surface area contributed by atoms with Gasteiger partial charge >= 0.3 is 0 Å². The topological polar surface area (TPSA) is 73.2 Å². The van der Waals surface area contributed by atoms with Crippen LogP contribution in [0.2, 0.25) is 0 Å². The van der Waals surface area contributed by atoms with Crippen molar-refractivity contribution >= 4 is 11.8 Å². The Kier molecular flexibility index (Phi) is 6.16. The molecule has 0 rings (SSSR count). The normalized spacial score (nSPS) is 11.8. The number of nitrogens with one attached hydrogen (secondary N) is 1. The maximum atomic E-state index is 11.9. The third-order valence-electron chi connectivity index (χ3n) is 2.38. The van der Waals surface area contributed by atoms with E-state index in [1.807, 2.05) is 19.9 Å². The monoisotopic (exact) mass is 225 g/mol. The molecule has 5 heteroatoms. The van der Waals surface area contributed by atoms with E-state index < -0.39 is 5.92 Å². The number of hydrogen-bond acceptors (Lipinski definition) is 3. The number of nitriles is 1. The van der Waals surface area contributed by atoms with E-state index in [4.69, 9.17) is 5.26 Å². The van der Waals surface area contributed by atoms with E-state index in [-0.39, 0.29) is 24.3 Å². The molecule has 0 spiro atoms. The fourth-order valence-electron chi connectivity index (χ4n) is 1.28. The molecule has 90 valence electrons. The van der Waals surface area contributed by atoms with Crippen LogP contribution in [0.25, 0.3) is 0 Å². The number of hydrogen-bond donors (Lipinski definition) is 1. The Labute approximate surface area is 96.4 Å². The van der Waals surface area contributed by atoms with Crippen LogP contribution in [0, 0.1) is 23.2 Å². The maximum absolute atomic E-state index is 11.9. The van der Waals surface area contributed by atoms with Gasteiger partial charge in [-0.1, -0.05) is 13.8 Å². The lowest BCUT2D eigenvalue weighted by Gasteiger charge is -2.23. The highest BCUT2D eigenvalue weighted by atomic mass is 16.2.